The SMILES string of the molecule is Cc1ccsc1/C=C/c1nccn1C.O=C([O-])C(O)C(O)C(=O)[O-]. The summed E-state index contributed by atoms with van der Waals surface area (Å²) >= 11 is 1.75. The van der Waals surface area contributed by atoms with E-state index in [0.717, 1.165) is 5.82 Å². The van der Waals surface area contributed by atoms with Gasteiger partial charge < -0.3 is 34.6 Å². The van der Waals surface area contributed by atoms with Gasteiger partial charge in [-0.15, -0.1) is 11.3 Å². The first-order valence-corrected chi connectivity index (χ1v) is 7.59. The number of nitrogens with zero attached hydrogens (tertiary/aromatic N) is 2. The van der Waals surface area contributed by atoms with Crippen LogP contribution >= 0.6 is 11.3 Å². The van der Waals surface area contributed by atoms with Crippen LogP contribution in [0.3, 0.4) is 0 Å². The Balaban J connectivity index is 0.000000257. The van der Waals surface area contributed by atoms with E-state index < -0.39 is 24.1 Å². The summed E-state index contributed by atoms with van der Waals surface area (Å²) in [4.78, 5) is 24.8. The average molecular weight is 352 g/mol. The Morgan fingerprint density at radius 3 is 2.21 bits per heavy atom. The lowest BCUT2D eigenvalue weighted by atomic mass is 10.2. The highest BCUT2D eigenvalue weighted by Crippen LogP contribution is 2.18. The number of aromatic nitrogens is 2. The number of aliphatic hydroxyl groups excluding tert-OH is 2. The van der Waals surface area contributed by atoms with E-state index in [1.807, 2.05) is 23.9 Å². The number of imidazole rings is 1. The van der Waals surface area contributed by atoms with Crippen molar-refractivity contribution in [2.75, 3.05) is 0 Å². The third-order valence-corrected chi connectivity index (χ3v) is 3.91. The molecule has 2 aromatic rings. The van der Waals surface area contributed by atoms with Gasteiger partial charge in [-0.25, -0.2) is 4.98 Å². The fraction of sp³-hybridized carbons (Fsp3) is 0.267. The van der Waals surface area contributed by atoms with Gasteiger partial charge in [0.25, 0.3) is 0 Å². The van der Waals surface area contributed by atoms with Crippen molar-refractivity contribution in [1.82, 2.24) is 9.55 Å². The fourth-order valence-corrected chi connectivity index (χ4v) is 2.32. The maximum atomic E-state index is 9.63. The Bertz CT molecular complexity index is 661. The number of carboxylic acids is 2. The number of hydrogen-bond acceptors (Lipinski definition) is 8. The van der Waals surface area contributed by atoms with Crippen LogP contribution < -0.4 is 10.2 Å². The van der Waals surface area contributed by atoms with Crippen molar-refractivity contribution >= 4 is 35.4 Å². The molecule has 0 aliphatic rings. The summed E-state index contributed by atoms with van der Waals surface area (Å²) in [5, 5.41) is 37.8. The summed E-state index contributed by atoms with van der Waals surface area (Å²) in [5.41, 5.74) is 1.32. The average Bonchev–Trinajstić information content (AvgIpc) is 3.12. The lowest BCUT2D eigenvalue weighted by Crippen LogP contribution is -2.51. The number of aliphatic carboxylic acids is 2. The van der Waals surface area contributed by atoms with Crippen LogP contribution in [0, 0.1) is 6.92 Å². The van der Waals surface area contributed by atoms with Crippen LogP contribution in [0.15, 0.2) is 23.8 Å². The molecule has 0 saturated heterocycles. The van der Waals surface area contributed by atoms with E-state index >= 15 is 0 Å². The van der Waals surface area contributed by atoms with E-state index in [9.17, 15) is 19.8 Å². The molecule has 2 N–H and O–H groups in total. The first kappa shape index (κ1) is 19.6. The van der Waals surface area contributed by atoms with Crippen LogP contribution in [0.25, 0.3) is 12.2 Å². The molecule has 0 amide bonds. The van der Waals surface area contributed by atoms with Crippen LogP contribution in [0.1, 0.15) is 16.3 Å². The predicted molar refractivity (Wildman–Crippen MR) is 83.2 cm³/mol. The molecule has 0 fully saturated rings. The van der Waals surface area contributed by atoms with Crippen LogP contribution in [-0.2, 0) is 16.6 Å². The molecule has 9 heteroatoms. The van der Waals surface area contributed by atoms with Crippen molar-refractivity contribution in [1.29, 1.82) is 0 Å². The van der Waals surface area contributed by atoms with Crippen molar-refractivity contribution < 1.29 is 30.0 Å². The van der Waals surface area contributed by atoms with Gasteiger partial charge in [-0.3, -0.25) is 0 Å². The Morgan fingerprint density at radius 1 is 1.25 bits per heavy atom. The number of aliphatic hydroxyl groups is 2. The van der Waals surface area contributed by atoms with Crippen LogP contribution in [0.5, 0.6) is 0 Å². The third kappa shape index (κ3) is 5.61. The minimum absolute atomic E-state index is 0.984. The molecule has 0 saturated carbocycles. The highest BCUT2D eigenvalue weighted by Gasteiger charge is 2.17. The fourth-order valence-electron chi connectivity index (χ4n) is 1.50. The highest BCUT2D eigenvalue weighted by molar-refractivity contribution is 7.11. The topological polar surface area (TPSA) is 139 Å². The van der Waals surface area contributed by atoms with Crippen LogP contribution in [0.4, 0.5) is 0 Å². The molecular weight excluding hydrogens is 336 g/mol. The summed E-state index contributed by atoms with van der Waals surface area (Å²) in [6.07, 6.45) is 3.03. The molecule has 2 rings (SSSR count). The number of carbonyl (C=O) groups excluding carboxylic acids is 2. The molecule has 0 bridgehead atoms. The molecule has 0 aromatic carbocycles. The molecule has 2 unspecified atom stereocenters. The molecule has 2 heterocycles. The van der Waals surface area contributed by atoms with Gasteiger partial charge in [0.05, 0.1) is 11.9 Å². The largest absolute Gasteiger partial charge is 0.547 e. The number of thiophene rings is 1. The normalized spacial score (nSPS) is 13.2. The van der Waals surface area contributed by atoms with Crippen molar-refractivity contribution in [3.05, 3.63) is 40.1 Å². The summed E-state index contributed by atoms with van der Waals surface area (Å²) in [6.45, 7) is 2.12. The molecule has 2 aromatic heterocycles. The second-order valence-electron chi connectivity index (χ2n) is 4.73. The Kier molecular flexibility index (Phi) is 7.31. The highest BCUT2D eigenvalue weighted by atomic mass is 32.1. The van der Waals surface area contributed by atoms with Gasteiger partial charge in [-0.05, 0) is 36.1 Å². The van der Waals surface area contributed by atoms with Crippen LogP contribution in [-0.4, -0.2) is 43.9 Å². The Hall–Kier alpha value is -2.49. The number of rotatable bonds is 5. The van der Waals surface area contributed by atoms with E-state index in [-0.39, 0.29) is 0 Å². The van der Waals surface area contributed by atoms with E-state index in [0.29, 0.717) is 0 Å². The van der Waals surface area contributed by atoms with Gasteiger partial charge in [-0.2, -0.15) is 0 Å². The minimum Gasteiger partial charge on any atom is -0.547 e. The first-order valence-electron chi connectivity index (χ1n) is 6.71. The second-order valence-corrected chi connectivity index (χ2v) is 5.67. The Morgan fingerprint density at radius 2 is 1.83 bits per heavy atom. The molecule has 130 valence electrons. The summed E-state index contributed by atoms with van der Waals surface area (Å²) in [5.74, 6) is -3.13. The zero-order chi connectivity index (χ0) is 18.3. The van der Waals surface area contributed by atoms with Gasteiger partial charge in [0.1, 0.15) is 18.0 Å². The van der Waals surface area contributed by atoms with Gasteiger partial charge in [-0.1, -0.05) is 0 Å². The van der Waals surface area contributed by atoms with E-state index in [1.54, 1.807) is 17.5 Å². The maximum absolute atomic E-state index is 9.63. The van der Waals surface area contributed by atoms with Gasteiger partial charge >= 0.3 is 0 Å². The number of carboxylic acid groups (broad SMARTS) is 2. The third-order valence-electron chi connectivity index (χ3n) is 2.93. The summed E-state index contributed by atoms with van der Waals surface area (Å²) < 4.78 is 2.00. The smallest absolute Gasteiger partial charge is 0.132 e. The number of hydrogen-bond donors (Lipinski definition) is 2. The second kappa shape index (κ2) is 8.96. The van der Waals surface area contributed by atoms with Crippen molar-refractivity contribution in [3.8, 4) is 0 Å². The molecule has 24 heavy (non-hydrogen) atoms. The molecule has 8 nitrogen and oxygen atoms in total. The lowest BCUT2D eigenvalue weighted by Gasteiger charge is -2.18. The zero-order valence-corrected chi connectivity index (χ0v) is 13.8. The lowest BCUT2D eigenvalue weighted by molar-refractivity contribution is -0.333. The molecule has 0 aliphatic heterocycles. The van der Waals surface area contributed by atoms with E-state index in [4.69, 9.17) is 10.2 Å². The van der Waals surface area contributed by atoms with Crippen molar-refractivity contribution in [3.63, 3.8) is 0 Å². The summed E-state index contributed by atoms with van der Waals surface area (Å²) in [7, 11) is 1.99. The van der Waals surface area contributed by atoms with Gasteiger partial charge in [0.15, 0.2) is 0 Å². The van der Waals surface area contributed by atoms with Gasteiger partial charge in [0.2, 0.25) is 0 Å². The molecule has 0 radical (unpaired) electrons. The number of carbonyl (C=O) groups is 2. The predicted octanol–water partition coefficient (Wildman–Crippen LogP) is -1.83. The molecular formula is C15H16N2O6S-2. The Labute approximate surface area is 142 Å². The summed E-state index contributed by atoms with van der Waals surface area (Å²) in [6, 6.07) is 2.13. The first-order chi connectivity index (χ1) is 11.2. The van der Waals surface area contributed by atoms with Crippen molar-refractivity contribution in [2.24, 2.45) is 7.05 Å². The van der Waals surface area contributed by atoms with Crippen molar-refractivity contribution in [2.45, 2.75) is 19.1 Å². The zero-order valence-electron chi connectivity index (χ0n) is 12.9. The standard InChI is InChI=1S/C11H12N2S.C4H6O6/c1-9-5-8-14-10(9)3-4-11-12-6-7-13(11)2;5-1(3(7)8)2(6)4(9)10/h3-8H,1-2H3;1-2,5-6H,(H,7,8)(H,9,10)/p-2/b4-3+;. The molecule has 2 atom stereocenters. The van der Waals surface area contributed by atoms with Crippen LogP contribution in [0.2, 0.25) is 0 Å². The van der Waals surface area contributed by atoms with E-state index in [1.165, 1.54) is 10.4 Å². The number of aryl methyl sites for hydroxylation is 2. The molecule has 0 aliphatic carbocycles. The quantitative estimate of drug-likeness (QED) is 0.645. The monoisotopic (exact) mass is 352 g/mol. The van der Waals surface area contributed by atoms with Gasteiger partial charge in [0, 0.05) is 24.3 Å². The van der Waals surface area contributed by atoms with E-state index in [2.05, 4.69) is 29.4 Å². The molecule has 0 spiro atoms. The minimum atomic E-state index is -2.44. The maximum Gasteiger partial charge on any atom is 0.132 e.